The van der Waals surface area contributed by atoms with Crippen LogP contribution in [-0.2, 0) is 18.9 Å². The molecule has 2 fully saturated rings. The number of piperidine rings is 1. The number of aryl methyl sites for hydroxylation is 1. The van der Waals surface area contributed by atoms with Gasteiger partial charge in [0.25, 0.3) is 5.56 Å². The van der Waals surface area contributed by atoms with Crippen LogP contribution in [0.1, 0.15) is 56.7 Å². The summed E-state index contributed by atoms with van der Waals surface area (Å²) in [5.74, 6) is 1.25. The average Bonchev–Trinajstić information content (AvgIpc) is 3.29. The molecule has 8 nitrogen and oxygen atoms in total. The quantitative estimate of drug-likeness (QED) is 0.557. The van der Waals surface area contributed by atoms with Crippen LogP contribution in [0.3, 0.4) is 0 Å². The third-order valence-corrected chi connectivity index (χ3v) is 7.01. The lowest BCUT2D eigenvalue weighted by Crippen LogP contribution is -2.38. The summed E-state index contributed by atoms with van der Waals surface area (Å²) in [6.07, 6.45) is 7.56. The van der Waals surface area contributed by atoms with Gasteiger partial charge in [0.05, 0.1) is 5.75 Å². The fourth-order valence-electron chi connectivity index (χ4n) is 4.28. The Morgan fingerprint density at radius 2 is 1.69 bits per heavy atom. The van der Waals surface area contributed by atoms with Crippen LogP contribution >= 0.6 is 11.8 Å². The van der Waals surface area contributed by atoms with Crippen LogP contribution in [0.25, 0.3) is 11.0 Å². The summed E-state index contributed by atoms with van der Waals surface area (Å²) in [4.78, 5) is 49.2. The Kier molecular flexibility index (Phi) is 5.76. The predicted octanol–water partition coefficient (Wildman–Crippen LogP) is 1.79. The number of hydrogen-bond donors (Lipinski definition) is 0. The van der Waals surface area contributed by atoms with Crippen LogP contribution in [0.15, 0.2) is 14.6 Å². The first kappa shape index (κ1) is 20.1. The molecule has 0 N–H and O–H groups in total. The lowest BCUT2D eigenvalue weighted by atomic mass is 10.1. The summed E-state index contributed by atoms with van der Waals surface area (Å²) in [7, 11) is 3.09. The van der Waals surface area contributed by atoms with Crippen molar-refractivity contribution in [2.45, 2.75) is 55.9 Å². The molecular weight excluding hydrogens is 390 g/mol. The van der Waals surface area contributed by atoms with E-state index in [1.807, 2.05) is 4.90 Å². The molecule has 2 aromatic heterocycles. The molecule has 0 unspecified atom stereocenters. The molecule has 156 valence electrons. The van der Waals surface area contributed by atoms with Crippen molar-refractivity contribution < 1.29 is 4.79 Å². The maximum atomic E-state index is 12.9. The summed E-state index contributed by atoms with van der Waals surface area (Å²) in [5, 5.41) is 0.839. The van der Waals surface area contributed by atoms with Crippen molar-refractivity contribution in [1.82, 2.24) is 24.0 Å². The highest BCUT2D eigenvalue weighted by atomic mass is 32.2. The van der Waals surface area contributed by atoms with Crippen molar-refractivity contribution in [2.75, 3.05) is 18.8 Å². The minimum absolute atomic E-state index is 0.0746. The number of aromatic nitrogens is 4. The molecule has 1 aliphatic heterocycles. The average molecular weight is 418 g/mol. The molecule has 0 spiro atoms. The number of thioether (sulfide) groups is 1. The molecule has 4 rings (SSSR count). The smallest absolute Gasteiger partial charge is 0.332 e. The topological polar surface area (TPSA) is 90.1 Å². The Hall–Kier alpha value is -2.16. The van der Waals surface area contributed by atoms with E-state index in [4.69, 9.17) is 4.98 Å². The van der Waals surface area contributed by atoms with Gasteiger partial charge in [-0.25, -0.2) is 14.8 Å². The third kappa shape index (κ3) is 3.84. The number of likely N-dealkylation sites (tertiary alicyclic amines) is 1. The molecule has 0 aromatic carbocycles. The van der Waals surface area contributed by atoms with E-state index >= 15 is 0 Å². The van der Waals surface area contributed by atoms with Crippen LogP contribution in [-0.4, -0.2) is 48.8 Å². The Bertz CT molecular complexity index is 1050. The van der Waals surface area contributed by atoms with E-state index in [9.17, 15) is 14.4 Å². The minimum Gasteiger partial charge on any atom is -0.342 e. The van der Waals surface area contributed by atoms with Crippen molar-refractivity contribution in [3.05, 3.63) is 26.7 Å². The molecule has 9 heteroatoms. The molecule has 1 saturated carbocycles. The molecule has 3 heterocycles. The highest BCUT2D eigenvalue weighted by Crippen LogP contribution is 2.34. The fourth-order valence-corrected chi connectivity index (χ4v) is 5.20. The second-order valence-electron chi connectivity index (χ2n) is 8.00. The van der Waals surface area contributed by atoms with E-state index < -0.39 is 11.2 Å². The maximum Gasteiger partial charge on any atom is 0.332 e. The SMILES string of the molecule is Cn1c(=O)c2c(SCC(=O)N3CCCCC3)nc(C3CCCC3)nc2n(C)c1=O. The summed E-state index contributed by atoms with van der Waals surface area (Å²) in [5.41, 5.74) is -0.448. The zero-order chi connectivity index (χ0) is 20.5. The summed E-state index contributed by atoms with van der Waals surface area (Å²) < 4.78 is 2.49. The van der Waals surface area contributed by atoms with Crippen molar-refractivity contribution in [1.29, 1.82) is 0 Å². The van der Waals surface area contributed by atoms with E-state index in [1.54, 1.807) is 7.05 Å². The molecule has 1 amide bonds. The summed E-state index contributed by atoms with van der Waals surface area (Å²) in [6, 6.07) is 0. The van der Waals surface area contributed by atoms with Crippen molar-refractivity contribution in [3.63, 3.8) is 0 Å². The molecule has 0 atom stereocenters. The molecule has 1 aliphatic carbocycles. The van der Waals surface area contributed by atoms with Gasteiger partial charge in [0.2, 0.25) is 5.91 Å². The number of carbonyl (C=O) groups excluding carboxylic acids is 1. The normalized spacial score (nSPS) is 17.9. The van der Waals surface area contributed by atoms with Crippen LogP contribution < -0.4 is 11.2 Å². The first-order valence-corrected chi connectivity index (χ1v) is 11.3. The van der Waals surface area contributed by atoms with Crippen LogP contribution in [0.5, 0.6) is 0 Å². The largest absolute Gasteiger partial charge is 0.342 e. The van der Waals surface area contributed by atoms with E-state index in [0.29, 0.717) is 21.9 Å². The molecule has 0 radical (unpaired) electrons. The van der Waals surface area contributed by atoms with Crippen molar-refractivity contribution in [2.24, 2.45) is 14.1 Å². The first-order valence-electron chi connectivity index (χ1n) is 10.4. The van der Waals surface area contributed by atoms with Gasteiger partial charge in [0, 0.05) is 33.1 Å². The molecule has 2 aromatic rings. The molecule has 0 bridgehead atoms. The van der Waals surface area contributed by atoms with Gasteiger partial charge in [0.15, 0.2) is 5.65 Å². The third-order valence-electron chi connectivity index (χ3n) is 6.05. The molecule has 29 heavy (non-hydrogen) atoms. The molecular formula is C20H27N5O3S. The number of carbonyl (C=O) groups is 1. The Morgan fingerprint density at radius 3 is 2.38 bits per heavy atom. The number of amides is 1. The fraction of sp³-hybridized carbons (Fsp3) is 0.650. The zero-order valence-electron chi connectivity index (χ0n) is 17.0. The first-order chi connectivity index (χ1) is 14.0. The van der Waals surface area contributed by atoms with Gasteiger partial charge in [-0.3, -0.25) is 18.7 Å². The van der Waals surface area contributed by atoms with Gasteiger partial charge in [-0.15, -0.1) is 0 Å². The van der Waals surface area contributed by atoms with E-state index in [-0.39, 0.29) is 17.6 Å². The Labute approximate surface area is 173 Å². The van der Waals surface area contributed by atoms with Gasteiger partial charge in [-0.05, 0) is 32.1 Å². The summed E-state index contributed by atoms with van der Waals surface area (Å²) in [6.45, 7) is 1.60. The van der Waals surface area contributed by atoms with Crippen molar-refractivity contribution in [3.8, 4) is 0 Å². The predicted molar refractivity (Wildman–Crippen MR) is 112 cm³/mol. The lowest BCUT2D eigenvalue weighted by molar-refractivity contribution is -0.129. The highest BCUT2D eigenvalue weighted by molar-refractivity contribution is 8.00. The Morgan fingerprint density at radius 1 is 1.00 bits per heavy atom. The van der Waals surface area contributed by atoms with E-state index in [2.05, 4.69) is 4.98 Å². The van der Waals surface area contributed by atoms with Gasteiger partial charge >= 0.3 is 5.69 Å². The number of rotatable bonds is 4. The monoisotopic (exact) mass is 417 g/mol. The number of fused-ring (bicyclic) bond motifs is 1. The van der Waals surface area contributed by atoms with E-state index in [0.717, 1.165) is 56.2 Å². The second-order valence-corrected chi connectivity index (χ2v) is 8.97. The van der Waals surface area contributed by atoms with E-state index in [1.165, 1.54) is 29.8 Å². The van der Waals surface area contributed by atoms with Crippen LogP contribution in [0.2, 0.25) is 0 Å². The lowest BCUT2D eigenvalue weighted by Gasteiger charge is -2.26. The number of nitrogens with zero attached hydrogens (tertiary/aromatic N) is 5. The zero-order valence-corrected chi connectivity index (χ0v) is 17.8. The Balaban J connectivity index is 1.74. The van der Waals surface area contributed by atoms with Crippen LogP contribution in [0, 0.1) is 0 Å². The molecule has 1 saturated heterocycles. The van der Waals surface area contributed by atoms with Crippen molar-refractivity contribution >= 4 is 28.7 Å². The van der Waals surface area contributed by atoms with Gasteiger partial charge < -0.3 is 4.90 Å². The van der Waals surface area contributed by atoms with Gasteiger partial charge in [-0.1, -0.05) is 24.6 Å². The standard InChI is InChI=1S/C20H27N5O3S/c1-23-17-15(19(27)24(2)20(23)28)18(22-16(21-17)13-8-4-5-9-13)29-12-14(26)25-10-6-3-7-11-25/h13H,3-12H2,1-2H3. The molecule has 2 aliphatic rings. The number of hydrogen-bond acceptors (Lipinski definition) is 6. The minimum atomic E-state index is -0.408. The summed E-state index contributed by atoms with van der Waals surface area (Å²) >= 11 is 1.29. The van der Waals surface area contributed by atoms with Gasteiger partial charge in [-0.2, -0.15) is 0 Å². The second kappa shape index (κ2) is 8.30. The maximum absolute atomic E-state index is 12.9. The highest BCUT2D eigenvalue weighted by Gasteiger charge is 2.25. The van der Waals surface area contributed by atoms with Crippen LogP contribution in [0.4, 0.5) is 0 Å². The van der Waals surface area contributed by atoms with Gasteiger partial charge in [0.1, 0.15) is 16.2 Å².